The molecular weight excluding hydrogens is 394 g/mol. The van der Waals surface area contributed by atoms with Gasteiger partial charge in [-0.05, 0) is 46.5 Å². The fraction of sp³-hybridized carbons (Fsp3) is 0. The largest absolute Gasteiger partial charge is 0.290 e. The summed E-state index contributed by atoms with van der Waals surface area (Å²) >= 11 is 0. The van der Waals surface area contributed by atoms with Gasteiger partial charge in [0.1, 0.15) is 0 Å². The van der Waals surface area contributed by atoms with Gasteiger partial charge < -0.3 is 0 Å². The molecule has 2 aliphatic rings. The van der Waals surface area contributed by atoms with Gasteiger partial charge in [0.25, 0.3) is 23.6 Å². The molecule has 0 radical (unpaired) electrons. The monoisotopic (exact) mass is 404 g/mol. The van der Waals surface area contributed by atoms with Crippen LogP contribution in [-0.4, -0.2) is 33.9 Å². The Bertz CT molecular complexity index is 1200. The number of carbonyl (C=O) groups is 4. The van der Waals surface area contributed by atoms with Gasteiger partial charge in [0.2, 0.25) is 0 Å². The second-order valence-electron chi connectivity index (χ2n) is 6.88. The van der Waals surface area contributed by atoms with E-state index in [1.165, 1.54) is 24.3 Å². The van der Waals surface area contributed by atoms with E-state index >= 15 is 0 Å². The first-order valence-corrected chi connectivity index (χ1v) is 8.85. The van der Waals surface area contributed by atoms with Gasteiger partial charge in [0, 0.05) is 0 Å². The number of halogens is 2. The van der Waals surface area contributed by atoms with Crippen LogP contribution in [0.5, 0.6) is 0 Å². The van der Waals surface area contributed by atoms with Crippen LogP contribution in [0.25, 0.3) is 22.3 Å². The van der Waals surface area contributed by atoms with Crippen molar-refractivity contribution in [1.82, 2.24) is 10.2 Å². The lowest BCUT2D eigenvalue weighted by molar-refractivity contribution is 0.0221. The van der Waals surface area contributed by atoms with Crippen molar-refractivity contribution in [3.05, 3.63) is 82.9 Å². The summed E-state index contributed by atoms with van der Waals surface area (Å²) in [5.74, 6) is -3.94. The maximum atomic E-state index is 13.5. The summed E-state index contributed by atoms with van der Waals surface area (Å²) in [5, 5.41) is -0.814. The Morgan fingerprint density at radius 2 is 0.733 bits per heavy atom. The Kier molecular flexibility index (Phi) is 3.66. The molecule has 0 N–H and O–H groups in total. The zero-order valence-corrected chi connectivity index (χ0v) is 15.1. The molecule has 0 aliphatic carbocycles. The molecule has 2 heterocycles. The number of benzene rings is 3. The van der Waals surface area contributed by atoms with Crippen molar-refractivity contribution in [3.8, 4) is 22.3 Å². The highest BCUT2D eigenvalue weighted by Gasteiger charge is 2.37. The molecule has 6 nitrogen and oxygen atoms in total. The summed E-state index contributed by atoms with van der Waals surface area (Å²) in [7, 11) is 0. The van der Waals surface area contributed by atoms with Crippen molar-refractivity contribution in [2.45, 2.75) is 0 Å². The van der Waals surface area contributed by atoms with Crippen LogP contribution in [0.2, 0.25) is 0 Å². The molecule has 0 unspecified atom stereocenters. The fourth-order valence-corrected chi connectivity index (χ4v) is 3.64. The summed E-state index contributed by atoms with van der Waals surface area (Å²) < 4.78 is 27.0. The van der Waals surface area contributed by atoms with Gasteiger partial charge in [-0.15, -0.1) is 10.2 Å². The van der Waals surface area contributed by atoms with Gasteiger partial charge in [0.15, 0.2) is 0 Å². The lowest BCUT2D eigenvalue weighted by atomic mass is 9.96. The minimum Gasteiger partial charge on any atom is -0.266 e. The molecule has 0 bridgehead atoms. The predicted octanol–water partition coefficient (Wildman–Crippen LogP) is 3.98. The van der Waals surface area contributed by atoms with Crippen molar-refractivity contribution < 1.29 is 28.1 Å². The highest BCUT2D eigenvalue weighted by Crippen LogP contribution is 2.32. The van der Waals surface area contributed by atoms with E-state index in [-0.39, 0.29) is 22.3 Å². The number of rotatable bonds is 2. The van der Waals surface area contributed by atoms with E-state index in [0.29, 0.717) is 11.1 Å². The highest BCUT2D eigenvalue weighted by atomic mass is 19.2. The van der Waals surface area contributed by atoms with Crippen LogP contribution in [0, 0.1) is 0 Å². The third kappa shape index (κ3) is 2.40. The maximum Gasteiger partial charge on any atom is 0.290 e. The minimum atomic E-state index is -0.993. The van der Waals surface area contributed by atoms with Crippen LogP contribution in [0.4, 0.5) is 8.96 Å². The molecule has 0 spiro atoms. The van der Waals surface area contributed by atoms with Crippen molar-refractivity contribution >= 4 is 23.6 Å². The molecule has 3 aromatic carbocycles. The van der Waals surface area contributed by atoms with Crippen LogP contribution in [-0.2, 0) is 0 Å². The Hall–Kier alpha value is -4.20. The average molecular weight is 404 g/mol. The third-order valence-electron chi connectivity index (χ3n) is 5.23. The molecule has 8 heteroatoms. The number of hydrogen-bond acceptors (Lipinski definition) is 4. The van der Waals surface area contributed by atoms with Crippen molar-refractivity contribution in [3.63, 3.8) is 0 Å². The predicted molar refractivity (Wildman–Crippen MR) is 101 cm³/mol. The minimum absolute atomic E-state index is 0.00153. The van der Waals surface area contributed by atoms with Crippen molar-refractivity contribution in [1.29, 1.82) is 0 Å². The SMILES string of the molecule is O=C1c2ccc(-c3ccc(-c4ccc5c(c4)C(=O)N(F)C5=O)cc3)cc2C(=O)N1F. The van der Waals surface area contributed by atoms with Gasteiger partial charge in [-0.25, -0.2) is 0 Å². The first-order valence-electron chi connectivity index (χ1n) is 8.85. The highest BCUT2D eigenvalue weighted by molar-refractivity contribution is 6.21. The van der Waals surface area contributed by atoms with E-state index in [1.807, 2.05) is 0 Å². The van der Waals surface area contributed by atoms with Crippen LogP contribution in [0.15, 0.2) is 60.7 Å². The Balaban J connectivity index is 1.48. The fourth-order valence-electron chi connectivity index (χ4n) is 3.64. The van der Waals surface area contributed by atoms with E-state index < -0.39 is 33.9 Å². The quantitative estimate of drug-likeness (QED) is 0.478. The summed E-state index contributed by atoms with van der Waals surface area (Å²) in [6, 6.07) is 16.0. The van der Waals surface area contributed by atoms with Crippen LogP contribution in [0.3, 0.4) is 0 Å². The zero-order chi connectivity index (χ0) is 21.2. The van der Waals surface area contributed by atoms with Crippen LogP contribution >= 0.6 is 0 Å². The Morgan fingerprint density at radius 3 is 1.10 bits per heavy atom. The normalized spacial score (nSPS) is 15.1. The molecule has 0 fully saturated rings. The van der Waals surface area contributed by atoms with E-state index in [1.54, 1.807) is 36.4 Å². The van der Waals surface area contributed by atoms with Gasteiger partial charge in [0.05, 0.1) is 22.3 Å². The molecule has 5 rings (SSSR count). The third-order valence-corrected chi connectivity index (χ3v) is 5.23. The van der Waals surface area contributed by atoms with Gasteiger partial charge in [-0.1, -0.05) is 45.4 Å². The molecule has 0 aromatic heterocycles. The van der Waals surface area contributed by atoms with E-state index in [2.05, 4.69) is 0 Å². The van der Waals surface area contributed by atoms with Crippen LogP contribution in [0.1, 0.15) is 41.4 Å². The topological polar surface area (TPSA) is 74.8 Å². The second kappa shape index (κ2) is 6.15. The second-order valence-corrected chi connectivity index (χ2v) is 6.88. The number of amides is 4. The summed E-state index contributed by atoms with van der Waals surface area (Å²) in [4.78, 5) is 47.0. The van der Waals surface area contributed by atoms with Crippen molar-refractivity contribution in [2.24, 2.45) is 0 Å². The zero-order valence-electron chi connectivity index (χ0n) is 15.1. The number of hydrogen-bond donors (Lipinski definition) is 0. The lowest BCUT2D eigenvalue weighted by Crippen LogP contribution is -2.19. The van der Waals surface area contributed by atoms with E-state index in [0.717, 1.165) is 11.1 Å². The summed E-state index contributed by atoms with van der Waals surface area (Å²) in [5.41, 5.74) is 2.73. The molecule has 146 valence electrons. The maximum absolute atomic E-state index is 13.5. The number of fused-ring (bicyclic) bond motifs is 2. The number of nitrogens with zero attached hydrogens (tertiary/aromatic N) is 2. The molecular formula is C22H10F2N2O4. The molecule has 4 amide bonds. The molecule has 3 aromatic rings. The smallest absolute Gasteiger partial charge is 0.266 e. The summed E-state index contributed by atoms with van der Waals surface area (Å²) in [6.07, 6.45) is 0. The first-order chi connectivity index (χ1) is 14.4. The van der Waals surface area contributed by atoms with Crippen LogP contribution < -0.4 is 0 Å². The molecule has 0 saturated carbocycles. The molecule has 2 aliphatic heterocycles. The number of imide groups is 2. The van der Waals surface area contributed by atoms with Crippen molar-refractivity contribution in [2.75, 3.05) is 0 Å². The van der Waals surface area contributed by atoms with Gasteiger partial charge >= 0.3 is 0 Å². The molecule has 0 atom stereocenters. The van der Waals surface area contributed by atoms with E-state index in [4.69, 9.17) is 0 Å². The first kappa shape index (κ1) is 17.9. The van der Waals surface area contributed by atoms with Gasteiger partial charge in [-0.3, -0.25) is 19.2 Å². The Morgan fingerprint density at radius 1 is 0.433 bits per heavy atom. The van der Waals surface area contributed by atoms with E-state index in [9.17, 15) is 28.1 Å². The van der Waals surface area contributed by atoms with Gasteiger partial charge in [-0.2, -0.15) is 0 Å². The summed E-state index contributed by atoms with van der Waals surface area (Å²) in [6.45, 7) is 0. The molecule has 30 heavy (non-hydrogen) atoms. The average Bonchev–Trinajstić information content (AvgIpc) is 3.13. The number of carbonyl (C=O) groups excluding carboxylic acids is 4. The standard InChI is InChI=1S/C22H10F2N2O4/c23-25-19(27)15-7-5-13(9-17(15)21(25)29)11-1-2-12(4-3-11)14-6-8-16-18(10-14)22(30)26(24)20(16)28/h1-10H. The Labute approximate surface area is 167 Å². The molecule has 0 saturated heterocycles. The lowest BCUT2D eigenvalue weighted by Gasteiger charge is -2.07.